The summed E-state index contributed by atoms with van der Waals surface area (Å²) in [5, 5.41) is 2.83. The molecule has 0 saturated carbocycles. The van der Waals surface area contributed by atoms with Crippen molar-refractivity contribution in [1.82, 2.24) is 4.90 Å². The van der Waals surface area contributed by atoms with Gasteiger partial charge in [0, 0.05) is 30.5 Å². The van der Waals surface area contributed by atoms with Crippen LogP contribution in [0.15, 0.2) is 35.2 Å². The summed E-state index contributed by atoms with van der Waals surface area (Å²) in [7, 11) is -2.18. The smallest absolute Gasteiger partial charge is 0.261 e. The number of hydrogen-bond acceptors (Lipinski definition) is 4. The predicted molar refractivity (Wildman–Crippen MR) is 106 cm³/mol. The number of fused-ring (bicyclic) bond motifs is 2. The van der Waals surface area contributed by atoms with Gasteiger partial charge in [0.15, 0.2) is 0 Å². The van der Waals surface area contributed by atoms with Gasteiger partial charge in [-0.2, -0.15) is 0 Å². The number of benzene rings is 2. The van der Waals surface area contributed by atoms with E-state index in [2.05, 4.69) is 10.0 Å². The summed E-state index contributed by atoms with van der Waals surface area (Å²) >= 11 is 0. The molecule has 28 heavy (non-hydrogen) atoms. The van der Waals surface area contributed by atoms with Crippen molar-refractivity contribution in [3.63, 3.8) is 0 Å². The molecule has 0 spiro atoms. The standard InChI is InChI=1S/C20H21N3O4S/c1-11-7-14(9-16-17(11)21-19(25)20(16,2)3)28(26,27)22-13-6-5-12-10-23(4)18(24)15(12)8-13/h5-9,22H,10H2,1-4H3,(H,21,25). The van der Waals surface area contributed by atoms with Crippen LogP contribution < -0.4 is 10.0 Å². The molecule has 0 radical (unpaired) electrons. The topological polar surface area (TPSA) is 95.6 Å². The highest BCUT2D eigenvalue weighted by Crippen LogP contribution is 2.41. The molecular formula is C20H21N3O4S. The second kappa shape index (κ2) is 5.81. The van der Waals surface area contributed by atoms with E-state index in [9.17, 15) is 18.0 Å². The van der Waals surface area contributed by atoms with Crippen LogP contribution in [-0.4, -0.2) is 32.2 Å². The van der Waals surface area contributed by atoms with Gasteiger partial charge in [-0.05, 0) is 61.7 Å². The minimum Gasteiger partial charge on any atom is -0.337 e. The zero-order valence-electron chi connectivity index (χ0n) is 16.1. The fourth-order valence-corrected chi connectivity index (χ4v) is 4.84. The third-order valence-electron chi connectivity index (χ3n) is 5.45. The lowest BCUT2D eigenvalue weighted by Crippen LogP contribution is -2.27. The van der Waals surface area contributed by atoms with Gasteiger partial charge in [-0.3, -0.25) is 14.3 Å². The molecule has 0 aliphatic carbocycles. The summed E-state index contributed by atoms with van der Waals surface area (Å²) in [5.41, 5.74) is 2.90. The normalized spacial score (nSPS) is 17.4. The Morgan fingerprint density at radius 1 is 1.14 bits per heavy atom. The van der Waals surface area contributed by atoms with Crippen LogP contribution in [0.5, 0.6) is 0 Å². The first kappa shape index (κ1) is 18.5. The number of hydrogen-bond donors (Lipinski definition) is 2. The van der Waals surface area contributed by atoms with Crippen molar-refractivity contribution in [3.8, 4) is 0 Å². The van der Waals surface area contributed by atoms with E-state index in [0.717, 1.165) is 5.56 Å². The first-order valence-corrected chi connectivity index (χ1v) is 10.4. The van der Waals surface area contributed by atoms with E-state index < -0.39 is 15.4 Å². The van der Waals surface area contributed by atoms with Crippen molar-refractivity contribution in [2.24, 2.45) is 0 Å². The molecule has 2 aliphatic rings. The molecular weight excluding hydrogens is 378 g/mol. The lowest BCUT2D eigenvalue weighted by molar-refractivity contribution is -0.119. The van der Waals surface area contributed by atoms with Gasteiger partial charge in [0.25, 0.3) is 15.9 Å². The first-order valence-electron chi connectivity index (χ1n) is 8.88. The molecule has 2 aromatic carbocycles. The Balaban J connectivity index is 1.72. The number of carbonyl (C=O) groups excluding carboxylic acids is 2. The van der Waals surface area contributed by atoms with E-state index in [1.807, 2.05) is 0 Å². The Bertz CT molecular complexity index is 1150. The van der Waals surface area contributed by atoms with Gasteiger partial charge in [-0.25, -0.2) is 8.42 Å². The molecule has 0 fully saturated rings. The summed E-state index contributed by atoms with van der Waals surface area (Å²) in [6.45, 7) is 5.81. The molecule has 2 amide bonds. The van der Waals surface area contributed by atoms with Gasteiger partial charge in [0.1, 0.15) is 0 Å². The number of nitrogens with zero attached hydrogens (tertiary/aromatic N) is 1. The second-order valence-corrected chi connectivity index (χ2v) is 9.56. The highest BCUT2D eigenvalue weighted by Gasteiger charge is 2.40. The maximum atomic E-state index is 13.0. The average Bonchev–Trinajstić information content (AvgIpc) is 3.02. The summed E-state index contributed by atoms with van der Waals surface area (Å²) in [5.74, 6) is -0.287. The predicted octanol–water partition coefficient (Wildman–Crippen LogP) is 2.61. The average molecular weight is 399 g/mol. The van der Waals surface area contributed by atoms with Gasteiger partial charge in [-0.15, -0.1) is 0 Å². The van der Waals surface area contributed by atoms with Gasteiger partial charge in [-0.1, -0.05) is 6.07 Å². The molecule has 2 heterocycles. The summed E-state index contributed by atoms with van der Waals surface area (Å²) in [6.07, 6.45) is 0. The van der Waals surface area contributed by atoms with Crippen molar-refractivity contribution in [1.29, 1.82) is 0 Å². The van der Waals surface area contributed by atoms with Crippen LogP contribution in [0.4, 0.5) is 11.4 Å². The number of aryl methyl sites for hydroxylation is 1. The van der Waals surface area contributed by atoms with Crippen molar-refractivity contribution in [3.05, 3.63) is 52.6 Å². The molecule has 146 valence electrons. The number of carbonyl (C=O) groups is 2. The van der Waals surface area contributed by atoms with Crippen LogP contribution in [0.2, 0.25) is 0 Å². The number of rotatable bonds is 3. The Morgan fingerprint density at radius 3 is 2.57 bits per heavy atom. The van der Waals surface area contributed by atoms with Crippen LogP contribution in [0.1, 0.15) is 40.9 Å². The zero-order valence-corrected chi connectivity index (χ0v) is 16.9. The Morgan fingerprint density at radius 2 is 1.86 bits per heavy atom. The van der Waals surface area contributed by atoms with E-state index in [1.54, 1.807) is 50.9 Å². The number of amides is 2. The maximum Gasteiger partial charge on any atom is 0.261 e. The van der Waals surface area contributed by atoms with Gasteiger partial charge >= 0.3 is 0 Å². The quantitative estimate of drug-likeness (QED) is 0.829. The van der Waals surface area contributed by atoms with Gasteiger partial charge < -0.3 is 10.2 Å². The van der Waals surface area contributed by atoms with E-state index in [0.29, 0.717) is 34.6 Å². The van der Waals surface area contributed by atoms with E-state index >= 15 is 0 Å². The fraction of sp³-hybridized carbons (Fsp3) is 0.300. The highest BCUT2D eigenvalue weighted by atomic mass is 32.2. The minimum absolute atomic E-state index is 0.0808. The minimum atomic E-state index is -3.89. The lowest BCUT2D eigenvalue weighted by Gasteiger charge is -2.17. The SMILES string of the molecule is Cc1cc(S(=O)(=O)Nc2ccc3c(c2)C(=O)N(C)C3)cc2c1NC(=O)C2(C)C. The third-order valence-corrected chi connectivity index (χ3v) is 6.81. The fourth-order valence-electron chi connectivity index (χ4n) is 3.68. The van der Waals surface area contributed by atoms with Crippen LogP contribution >= 0.6 is 0 Å². The summed E-state index contributed by atoms with van der Waals surface area (Å²) in [6, 6.07) is 8.05. The van der Waals surface area contributed by atoms with E-state index in [1.165, 1.54) is 12.1 Å². The number of sulfonamides is 1. The van der Waals surface area contributed by atoms with Crippen LogP contribution in [-0.2, 0) is 26.8 Å². The highest BCUT2D eigenvalue weighted by molar-refractivity contribution is 7.92. The van der Waals surface area contributed by atoms with Gasteiger partial charge in [0.05, 0.1) is 10.3 Å². The molecule has 0 unspecified atom stereocenters. The van der Waals surface area contributed by atoms with Crippen molar-refractivity contribution >= 4 is 33.2 Å². The zero-order chi connectivity index (χ0) is 20.4. The number of anilines is 2. The Hall–Kier alpha value is -2.87. The third kappa shape index (κ3) is 2.67. The molecule has 2 N–H and O–H groups in total. The number of nitrogens with one attached hydrogen (secondary N) is 2. The molecule has 0 aromatic heterocycles. The molecule has 8 heteroatoms. The van der Waals surface area contributed by atoms with Crippen LogP contribution in [0.25, 0.3) is 0 Å². The second-order valence-electron chi connectivity index (χ2n) is 7.88. The Labute approximate surface area is 163 Å². The Kier molecular flexibility index (Phi) is 3.84. The lowest BCUT2D eigenvalue weighted by atomic mass is 9.85. The molecule has 2 aromatic rings. The molecule has 7 nitrogen and oxygen atoms in total. The first-order chi connectivity index (χ1) is 13.0. The largest absolute Gasteiger partial charge is 0.337 e. The monoisotopic (exact) mass is 399 g/mol. The van der Waals surface area contributed by atoms with Gasteiger partial charge in [0.2, 0.25) is 5.91 Å². The van der Waals surface area contributed by atoms with Crippen LogP contribution in [0.3, 0.4) is 0 Å². The van der Waals surface area contributed by atoms with Crippen molar-refractivity contribution in [2.45, 2.75) is 37.6 Å². The molecule has 0 bridgehead atoms. The molecule has 0 saturated heterocycles. The molecule has 2 aliphatic heterocycles. The molecule has 0 atom stereocenters. The van der Waals surface area contributed by atoms with Crippen molar-refractivity contribution < 1.29 is 18.0 Å². The van der Waals surface area contributed by atoms with E-state index in [-0.39, 0.29) is 16.7 Å². The molecule has 4 rings (SSSR count). The van der Waals surface area contributed by atoms with Crippen molar-refractivity contribution in [2.75, 3.05) is 17.1 Å². The summed E-state index contributed by atoms with van der Waals surface area (Å²) in [4.78, 5) is 26.0. The van der Waals surface area contributed by atoms with Crippen LogP contribution in [0, 0.1) is 6.92 Å². The van der Waals surface area contributed by atoms with E-state index in [4.69, 9.17) is 0 Å². The summed E-state index contributed by atoms with van der Waals surface area (Å²) < 4.78 is 28.5. The maximum absolute atomic E-state index is 13.0.